The molecule has 2 aliphatic heterocycles. The number of fused-ring (bicyclic) bond motifs is 3. The smallest absolute Gasteiger partial charge is 0.330 e. The topological polar surface area (TPSA) is 176 Å². The zero-order chi connectivity index (χ0) is 35.6. The molecule has 2 N–H and O–H groups in total. The first-order valence-electron chi connectivity index (χ1n) is 16.6. The number of oxazole rings is 1. The van der Waals surface area contributed by atoms with Crippen LogP contribution < -0.4 is 5.32 Å². The first-order chi connectivity index (χ1) is 22.7. The summed E-state index contributed by atoms with van der Waals surface area (Å²) < 4.78 is 38.9. The summed E-state index contributed by atoms with van der Waals surface area (Å²) in [5.74, 6) is -3.23. The van der Waals surface area contributed by atoms with Gasteiger partial charge in [-0.1, -0.05) is 64.5 Å². The minimum atomic E-state index is -3.87. The van der Waals surface area contributed by atoms with Gasteiger partial charge in [0.05, 0.1) is 23.5 Å². The average molecular weight is 691 g/mol. The molecule has 0 aliphatic carbocycles. The maximum absolute atomic E-state index is 14.0. The Bertz CT molecular complexity index is 1490. The number of esters is 1. The van der Waals surface area contributed by atoms with E-state index in [2.05, 4.69) is 10.3 Å². The van der Waals surface area contributed by atoms with Crippen molar-refractivity contribution < 1.29 is 41.9 Å². The van der Waals surface area contributed by atoms with Crippen LogP contribution in [-0.2, 0) is 35.4 Å². The van der Waals surface area contributed by atoms with Gasteiger partial charge in [0.1, 0.15) is 24.2 Å². The Morgan fingerprint density at radius 1 is 1.15 bits per heavy atom. The van der Waals surface area contributed by atoms with Gasteiger partial charge in [-0.3, -0.25) is 14.4 Å². The van der Waals surface area contributed by atoms with Crippen molar-refractivity contribution in [1.82, 2.24) is 20.1 Å². The number of allylic oxidation sites excluding steroid dienone is 2. The lowest BCUT2D eigenvalue weighted by molar-refractivity contribution is -0.157. The number of ketones is 1. The van der Waals surface area contributed by atoms with Gasteiger partial charge in [-0.25, -0.2) is 18.2 Å². The first-order valence-corrected chi connectivity index (χ1v) is 18.3. The molecule has 1 aromatic rings. The maximum atomic E-state index is 14.0. The number of Topliss-reactive ketones (excluding diaryl/α,β-unsaturated/α-hetero) is 1. The minimum absolute atomic E-state index is 0.0243. The van der Waals surface area contributed by atoms with Gasteiger partial charge in [0.15, 0.2) is 15.5 Å². The molecule has 0 radical (unpaired) electrons. The van der Waals surface area contributed by atoms with Crippen molar-refractivity contribution in [2.45, 2.75) is 84.3 Å². The number of amides is 2. The van der Waals surface area contributed by atoms with E-state index in [0.29, 0.717) is 18.7 Å². The fourth-order valence-corrected chi connectivity index (χ4v) is 7.92. The van der Waals surface area contributed by atoms with Crippen LogP contribution in [0.5, 0.6) is 0 Å². The van der Waals surface area contributed by atoms with Crippen molar-refractivity contribution in [2.75, 3.05) is 38.5 Å². The molecule has 1 saturated heterocycles. The number of sulfone groups is 1. The Labute approximate surface area is 283 Å². The number of hydrogen-bond acceptors (Lipinski definition) is 11. The number of aliphatic hydroxyl groups excluding tert-OH is 1. The molecule has 2 bridgehead atoms. The van der Waals surface area contributed by atoms with Gasteiger partial charge < -0.3 is 29.4 Å². The van der Waals surface area contributed by atoms with Crippen molar-refractivity contribution in [3.05, 3.63) is 53.8 Å². The highest BCUT2D eigenvalue weighted by atomic mass is 32.2. The molecular weight excluding hydrogens is 640 g/mol. The van der Waals surface area contributed by atoms with Crippen LogP contribution >= 0.6 is 0 Å². The molecule has 3 rings (SSSR count). The fraction of sp³-hybridized carbons (Fsp3) is 0.618. The van der Waals surface area contributed by atoms with Crippen LogP contribution in [-0.4, -0.2) is 114 Å². The van der Waals surface area contributed by atoms with E-state index >= 15 is 0 Å². The van der Waals surface area contributed by atoms with E-state index in [9.17, 15) is 32.7 Å². The highest BCUT2D eigenvalue weighted by Crippen LogP contribution is 2.30. The molecule has 5 atom stereocenters. The van der Waals surface area contributed by atoms with Gasteiger partial charge in [-0.15, -0.1) is 0 Å². The van der Waals surface area contributed by atoms with Gasteiger partial charge in [0.2, 0.25) is 11.8 Å². The van der Waals surface area contributed by atoms with Crippen molar-refractivity contribution in [2.24, 2.45) is 11.8 Å². The van der Waals surface area contributed by atoms with Gasteiger partial charge in [0.25, 0.3) is 5.91 Å². The normalized spacial score (nSPS) is 28.1. The molecular formula is C34H50N4O9S. The van der Waals surface area contributed by atoms with E-state index < -0.39 is 51.1 Å². The summed E-state index contributed by atoms with van der Waals surface area (Å²) in [6.45, 7) is 12.9. The average Bonchev–Trinajstić information content (AvgIpc) is 3.68. The lowest BCUT2D eigenvalue weighted by Gasteiger charge is -2.31. The van der Waals surface area contributed by atoms with E-state index in [-0.39, 0.29) is 73.8 Å². The summed E-state index contributed by atoms with van der Waals surface area (Å²) in [5.41, 5.74) is 0.505. The lowest BCUT2D eigenvalue weighted by Crippen LogP contribution is -2.50. The molecule has 3 heterocycles. The third kappa shape index (κ3) is 10.7. The van der Waals surface area contributed by atoms with Gasteiger partial charge in [0, 0.05) is 32.0 Å². The second-order valence-corrected chi connectivity index (χ2v) is 15.0. The van der Waals surface area contributed by atoms with E-state index in [0.717, 1.165) is 11.2 Å². The summed E-state index contributed by atoms with van der Waals surface area (Å²) >= 11 is 0. The van der Waals surface area contributed by atoms with E-state index in [4.69, 9.17) is 9.15 Å². The number of hydrogen-bond donors (Lipinski definition) is 2. The lowest BCUT2D eigenvalue weighted by atomic mass is 9.94. The molecule has 266 valence electrons. The second-order valence-electron chi connectivity index (χ2n) is 12.7. The van der Waals surface area contributed by atoms with Crippen LogP contribution in [0.1, 0.15) is 70.8 Å². The highest BCUT2D eigenvalue weighted by molar-refractivity contribution is 7.92. The van der Waals surface area contributed by atoms with E-state index in [1.807, 2.05) is 32.6 Å². The summed E-state index contributed by atoms with van der Waals surface area (Å²) in [6, 6.07) is -1.44. The summed E-state index contributed by atoms with van der Waals surface area (Å²) in [7, 11) is -3.87. The quantitative estimate of drug-likeness (QED) is 0.402. The van der Waals surface area contributed by atoms with Gasteiger partial charge in [-0.2, -0.15) is 0 Å². The Morgan fingerprint density at radius 2 is 1.85 bits per heavy atom. The minimum Gasteiger partial charge on any atom is -0.460 e. The van der Waals surface area contributed by atoms with Gasteiger partial charge >= 0.3 is 5.97 Å². The van der Waals surface area contributed by atoms with Crippen LogP contribution in [0.2, 0.25) is 0 Å². The highest BCUT2D eigenvalue weighted by Gasteiger charge is 2.50. The Kier molecular flexibility index (Phi) is 14.3. The molecule has 14 heteroatoms. The van der Waals surface area contributed by atoms with Crippen LogP contribution in [0.4, 0.5) is 0 Å². The van der Waals surface area contributed by atoms with Crippen LogP contribution in [0.15, 0.2) is 46.6 Å². The third-order valence-corrected chi connectivity index (χ3v) is 10.8. The molecule has 1 fully saturated rings. The number of nitrogens with one attached hydrogen (secondary N) is 1. The zero-order valence-electron chi connectivity index (χ0n) is 28.8. The molecule has 13 nitrogen and oxygen atoms in total. The molecule has 2 aliphatic rings. The first kappa shape index (κ1) is 38.8. The van der Waals surface area contributed by atoms with Crippen molar-refractivity contribution in [3.63, 3.8) is 0 Å². The number of aliphatic hydroxyl groups is 1. The van der Waals surface area contributed by atoms with Crippen molar-refractivity contribution in [3.8, 4) is 0 Å². The SMILES string of the molecule is CCN(CC)CCS(=O)(=O)[C@@H]1CCN2C(=O)c3coc(n3)CC(=O)C[C@H](O)/C=C(C)/C=C\CNC(=O)/C=C/[C@@H](C)[C@@H](C(C)C)OC(=O)[C@@H]12. The second kappa shape index (κ2) is 17.7. The van der Waals surface area contributed by atoms with Crippen molar-refractivity contribution >= 4 is 33.4 Å². The Balaban J connectivity index is 2.00. The molecule has 0 unspecified atom stereocenters. The fourth-order valence-electron chi connectivity index (χ4n) is 5.99. The van der Waals surface area contributed by atoms with Gasteiger partial charge in [-0.05, 0) is 38.4 Å². The Hall–Kier alpha value is -3.62. The molecule has 2 amide bonds. The number of cyclic esters (lactones) is 1. The molecule has 48 heavy (non-hydrogen) atoms. The number of carbonyl (C=O) groups excluding carboxylic acids is 4. The van der Waals surface area contributed by atoms with Crippen LogP contribution in [0.3, 0.4) is 0 Å². The van der Waals surface area contributed by atoms with Crippen LogP contribution in [0, 0.1) is 11.8 Å². The van der Waals surface area contributed by atoms with E-state index in [1.165, 1.54) is 12.2 Å². The predicted molar refractivity (Wildman–Crippen MR) is 180 cm³/mol. The maximum Gasteiger partial charge on any atom is 0.330 e. The number of nitrogens with zero attached hydrogens (tertiary/aromatic N) is 3. The molecule has 1 aromatic heterocycles. The van der Waals surface area contributed by atoms with E-state index in [1.54, 1.807) is 32.1 Å². The molecule has 0 aromatic carbocycles. The number of rotatable bonds is 7. The number of ether oxygens (including phenoxy) is 1. The summed E-state index contributed by atoms with van der Waals surface area (Å²) in [5, 5.41) is 11.9. The third-order valence-electron chi connectivity index (χ3n) is 8.66. The summed E-state index contributed by atoms with van der Waals surface area (Å²) in [6.07, 6.45) is 6.68. The Morgan fingerprint density at radius 3 is 2.52 bits per heavy atom. The van der Waals surface area contributed by atoms with Crippen LogP contribution in [0.25, 0.3) is 0 Å². The summed E-state index contributed by atoms with van der Waals surface area (Å²) in [4.78, 5) is 60.3. The zero-order valence-corrected chi connectivity index (χ0v) is 29.6. The largest absolute Gasteiger partial charge is 0.460 e. The number of aromatic nitrogens is 1. The van der Waals surface area contributed by atoms with Crippen molar-refractivity contribution in [1.29, 1.82) is 0 Å². The monoisotopic (exact) mass is 690 g/mol. The predicted octanol–water partition coefficient (Wildman–Crippen LogP) is 2.27. The molecule has 0 saturated carbocycles. The number of carbonyl (C=O) groups is 4. The standard InChI is InChI=1S/C34H50N4O9S/c1-7-37(8-2)16-17-48(44,45)28-13-15-38-31(28)34(43)47-32(22(3)4)24(6)11-12-29(41)35-14-9-10-23(5)18-25(39)19-26(40)20-30-36-27(21-46-30)33(38)42/h9-12,18,21-22,24-25,28,31-32,39H,7-8,13-17,19-20H2,1-6H3,(H,35,41)/b10-9-,12-11+,23-18+/t24-,25-,28-,31-,32-/m1/s1. The molecule has 0 spiro atoms.